The third kappa shape index (κ3) is 3.34. The fourth-order valence-corrected chi connectivity index (χ4v) is 3.46. The summed E-state index contributed by atoms with van der Waals surface area (Å²) in [5, 5.41) is 16.5. The van der Waals surface area contributed by atoms with Crippen LogP contribution in [0.2, 0.25) is 0 Å². The van der Waals surface area contributed by atoms with E-state index in [-0.39, 0.29) is 18.6 Å². The smallest absolute Gasteiger partial charge is 0.270 e. The Morgan fingerprint density at radius 3 is 2.88 bits per heavy atom. The van der Waals surface area contributed by atoms with Gasteiger partial charge in [0.15, 0.2) is 0 Å². The molecule has 126 valence electrons. The third-order valence-electron chi connectivity index (χ3n) is 3.85. The Kier molecular flexibility index (Phi) is 4.97. The van der Waals surface area contributed by atoms with Gasteiger partial charge in [0.05, 0.1) is 12.6 Å². The van der Waals surface area contributed by atoms with Gasteiger partial charge in [-0.3, -0.25) is 9.20 Å². The van der Waals surface area contributed by atoms with E-state index in [1.165, 1.54) is 0 Å². The Morgan fingerprint density at radius 1 is 1.38 bits per heavy atom. The standard InChI is InChI=1S/C18H21N3O2S/c1-12(2)9-14(10-22)19-18(23)17-16(13-6-8-24-11-13)20-15-5-3-4-7-21(15)17/h3-8,11-12,14,22H,9-10H2,1-2H3,(H,19,23)/t14-/m0/s1. The van der Waals surface area contributed by atoms with Crippen molar-refractivity contribution >= 4 is 22.9 Å². The molecule has 0 aromatic carbocycles. The van der Waals surface area contributed by atoms with E-state index >= 15 is 0 Å². The van der Waals surface area contributed by atoms with Crippen molar-refractivity contribution in [2.45, 2.75) is 26.3 Å². The molecule has 6 heteroatoms. The summed E-state index contributed by atoms with van der Waals surface area (Å²) in [6.07, 6.45) is 2.57. The molecule has 1 atom stereocenters. The lowest BCUT2D eigenvalue weighted by Gasteiger charge is -2.18. The molecule has 3 aromatic heterocycles. The maximum atomic E-state index is 12.9. The van der Waals surface area contributed by atoms with Crippen LogP contribution in [0, 0.1) is 5.92 Å². The molecule has 3 aromatic rings. The zero-order chi connectivity index (χ0) is 17.1. The molecular weight excluding hydrogens is 322 g/mol. The second kappa shape index (κ2) is 7.15. The highest BCUT2D eigenvalue weighted by Crippen LogP contribution is 2.26. The van der Waals surface area contributed by atoms with Crippen LogP contribution in [0.1, 0.15) is 30.8 Å². The van der Waals surface area contributed by atoms with E-state index < -0.39 is 0 Å². The first-order chi connectivity index (χ1) is 11.6. The summed E-state index contributed by atoms with van der Waals surface area (Å²) in [6.45, 7) is 4.06. The number of fused-ring (bicyclic) bond motifs is 1. The second-order valence-corrected chi connectivity index (χ2v) is 7.01. The Labute approximate surface area is 145 Å². The van der Waals surface area contributed by atoms with Gasteiger partial charge in [0.2, 0.25) is 0 Å². The van der Waals surface area contributed by atoms with Gasteiger partial charge < -0.3 is 10.4 Å². The van der Waals surface area contributed by atoms with Gasteiger partial charge in [0.25, 0.3) is 5.91 Å². The summed E-state index contributed by atoms with van der Waals surface area (Å²) in [7, 11) is 0. The van der Waals surface area contributed by atoms with Crippen molar-refractivity contribution in [1.82, 2.24) is 14.7 Å². The minimum atomic E-state index is -0.262. The second-order valence-electron chi connectivity index (χ2n) is 6.23. The average molecular weight is 343 g/mol. The fourth-order valence-electron chi connectivity index (χ4n) is 2.82. The van der Waals surface area contributed by atoms with Crippen molar-refractivity contribution in [3.63, 3.8) is 0 Å². The molecule has 0 aliphatic rings. The topological polar surface area (TPSA) is 66.6 Å². The third-order valence-corrected chi connectivity index (χ3v) is 4.53. The normalized spacial score (nSPS) is 12.7. The molecular formula is C18H21N3O2S. The quantitative estimate of drug-likeness (QED) is 0.722. The van der Waals surface area contributed by atoms with Crippen LogP contribution in [-0.4, -0.2) is 33.0 Å². The molecule has 5 nitrogen and oxygen atoms in total. The summed E-state index contributed by atoms with van der Waals surface area (Å²) in [5.41, 5.74) is 2.83. The van der Waals surface area contributed by atoms with Crippen LogP contribution < -0.4 is 5.32 Å². The fraction of sp³-hybridized carbons (Fsp3) is 0.333. The number of imidazole rings is 1. The Bertz CT molecular complexity index is 824. The van der Waals surface area contributed by atoms with Crippen molar-refractivity contribution in [2.24, 2.45) is 5.92 Å². The van der Waals surface area contributed by atoms with Crippen LogP contribution in [-0.2, 0) is 0 Å². The van der Waals surface area contributed by atoms with Crippen LogP contribution >= 0.6 is 11.3 Å². The number of hydrogen-bond donors (Lipinski definition) is 2. The van der Waals surface area contributed by atoms with Crippen LogP contribution in [0.15, 0.2) is 41.2 Å². The van der Waals surface area contributed by atoms with E-state index in [1.54, 1.807) is 15.7 Å². The number of aliphatic hydroxyl groups excluding tert-OH is 1. The summed E-state index contributed by atoms with van der Waals surface area (Å²) in [5.74, 6) is 0.176. The SMILES string of the molecule is CC(C)C[C@@H](CO)NC(=O)c1c(-c2ccsc2)nc2ccccn12. The van der Waals surface area contributed by atoms with Crippen molar-refractivity contribution in [1.29, 1.82) is 0 Å². The highest BCUT2D eigenvalue weighted by atomic mass is 32.1. The largest absolute Gasteiger partial charge is 0.394 e. The average Bonchev–Trinajstić information content (AvgIpc) is 3.20. The highest BCUT2D eigenvalue weighted by molar-refractivity contribution is 7.08. The molecule has 0 bridgehead atoms. The Morgan fingerprint density at radius 2 is 2.21 bits per heavy atom. The van der Waals surface area contributed by atoms with E-state index in [9.17, 15) is 9.90 Å². The predicted octanol–water partition coefficient (Wildman–Crippen LogP) is 3.20. The molecule has 0 aliphatic carbocycles. The zero-order valence-electron chi connectivity index (χ0n) is 13.8. The number of pyridine rings is 1. The van der Waals surface area contributed by atoms with E-state index in [4.69, 9.17) is 0 Å². The summed E-state index contributed by atoms with van der Waals surface area (Å²) in [4.78, 5) is 17.5. The highest BCUT2D eigenvalue weighted by Gasteiger charge is 2.23. The van der Waals surface area contributed by atoms with Gasteiger partial charge >= 0.3 is 0 Å². The molecule has 1 amide bonds. The van der Waals surface area contributed by atoms with Gasteiger partial charge in [-0.1, -0.05) is 19.9 Å². The van der Waals surface area contributed by atoms with Crippen molar-refractivity contribution < 1.29 is 9.90 Å². The van der Waals surface area contributed by atoms with Crippen LogP contribution in [0.5, 0.6) is 0 Å². The molecule has 3 heterocycles. The monoisotopic (exact) mass is 343 g/mol. The van der Waals surface area contributed by atoms with Gasteiger partial charge in [0.1, 0.15) is 17.0 Å². The van der Waals surface area contributed by atoms with Crippen LogP contribution in [0.25, 0.3) is 16.9 Å². The Balaban J connectivity index is 2.01. The molecule has 24 heavy (non-hydrogen) atoms. The lowest BCUT2D eigenvalue weighted by atomic mass is 10.0. The molecule has 0 spiro atoms. The number of amides is 1. The first-order valence-corrected chi connectivity index (χ1v) is 8.95. The van der Waals surface area contributed by atoms with Gasteiger partial charge in [-0.15, -0.1) is 0 Å². The molecule has 0 saturated heterocycles. The molecule has 0 radical (unpaired) electrons. The van der Waals surface area contributed by atoms with Crippen molar-refractivity contribution in [3.05, 3.63) is 46.9 Å². The maximum Gasteiger partial charge on any atom is 0.270 e. The lowest BCUT2D eigenvalue weighted by Crippen LogP contribution is -2.39. The zero-order valence-corrected chi connectivity index (χ0v) is 14.6. The van der Waals surface area contributed by atoms with Crippen LogP contribution in [0.4, 0.5) is 0 Å². The van der Waals surface area contributed by atoms with Crippen LogP contribution in [0.3, 0.4) is 0 Å². The number of aromatic nitrogens is 2. The van der Waals surface area contributed by atoms with E-state index in [0.29, 0.717) is 17.3 Å². The number of nitrogens with one attached hydrogen (secondary N) is 1. The summed E-state index contributed by atoms with van der Waals surface area (Å²) < 4.78 is 1.80. The van der Waals surface area contributed by atoms with E-state index in [2.05, 4.69) is 24.1 Å². The first-order valence-electron chi connectivity index (χ1n) is 8.01. The maximum absolute atomic E-state index is 12.9. The number of thiophene rings is 1. The molecule has 0 aliphatic heterocycles. The number of rotatable bonds is 6. The van der Waals surface area contributed by atoms with Gasteiger partial charge in [-0.05, 0) is 35.9 Å². The van der Waals surface area contributed by atoms with E-state index in [1.807, 2.05) is 41.2 Å². The number of nitrogens with zero attached hydrogens (tertiary/aromatic N) is 2. The first kappa shape index (κ1) is 16.7. The van der Waals surface area contributed by atoms with Crippen molar-refractivity contribution in [3.8, 4) is 11.3 Å². The summed E-state index contributed by atoms with van der Waals surface area (Å²) >= 11 is 1.57. The molecule has 3 rings (SSSR count). The van der Waals surface area contributed by atoms with Gasteiger partial charge in [0, 0.05) is 17.1 Å². The number of hydrogen-bond acceptors (Lipinski definition) is 4. The molecule has 0 fully saturated rings. The van der Waals surface area contributed by atoms with Gasteiger partial charge in [-0.25, -0.2) is 4.98 Å². The number of carbonyl (C=O) groups excluding carboxylic acids is 1. The van der Waals surface area contributed by atoms with Crippen molar-refractivity contribution in [2.75, 3.05) is 6.61 Å². The van der Waals surface area contributed by atoms with Gasteiger partial charge in [-0.2, -0.15) is 11.3 Å². The minimum Gasteiger partial charge on any atom is -0.394 e. The number of carbonyl (C=O) groups is 1. The summed E-state index contributed by atoms with van der Waals surface area (Å²) in [6, 6.07) is 7.35. The Hall–Kier alpha value is -2.18. The predicted molar refractivity (Wildman–Crippen MR) is 96.3 cm³/mol. The molecule has 0 saturated carbocycles. The van der Waals surface area contributed by atoms with E-state index in [0.717, 1.165) is 17.6 Å². The number of aliphatic hydroxyl groups is 1. The molecule has 2 N–H and O–H groups in total. The lowest BCUT2D eigenvalue weighted by molar-refractivity contribution is 0.0903. The molecule has 0 unspecified atom stereocenters. The minimum absolute atomic E-state index is 0.0750.